The molecule has 3 aromatic rings. The van der Waals surface area contributed by atoms with Gasteiger partial charge in [0.1, 0.15) is 0 Å². The van der Waals surface area contributed by atoms with Crippen LogP contribution in [0.5, 0.6) is 11.5 Å². The molecule has 3 rings (SSSR count). The Labute approximate surface area is 131 Å². The number of halogens is 1. The number of phenols is 1. The van der Waals surface area contributed by atoms with Crippen LogP contribution in [-0.2, 0) is 0 Å². The summed E-state index contributed by atoms with van der Waals surface area (Å²) in [7, 11) is 1.46. The van der Waals surface area contributed by atoms with Crippen molar-refractivity contribution in [3.8, 4) is 11.5 Å². The third-order valence-corrected chi connectivity index (χ3v) is 3.33. The Morgan fingerprint density at radius 2 is 2.18 bits per heavy atom. The number of aromatic hydroxyl groups is 1. The fourth-order valence-electron chi connectivity index (χ4n) is 2.00. The van der Waals surface area contributed by atoms with Crippen LogP contribution < -0.4 is 10.2 Å². The molecule has 0 bridgehead atoms. The topological polar surface area (TPSA) is 82.5 Å². The van der Waals surface area contributed by atoms with Gasteiger partial charge >= 0.3 is 0 Å². The number of para-hydroxylation sites is 2. The molecule has 0 fully saturated rings. The van der Waals surface area contributed by atoms with Crippen molar-refractivity contribution in [2.75, 3.05) is 12.5 Å². The first kappa shape index (κ1) is 14.2. The number of hydrogen-bond donors (Lipinski definition) is 3. The van der Waals surface area contributed by atoms with Gasteiger partial charge < -0.3 is 14.8 Å². The zero-order valence-electron chi connectivity index (χ0n) is 11.7. The molecule has 112 valence electrons. The van der Waals surface area contributed by atoms with Crippen LogP contribution in [0.25, 0.3) is 11.0 Å². The van der Waals surface area contributed by atoms with Gasteiger partial charge in [-0.15, -0.1) is 0 Å². The summed E-state index contributed by atoms with van der Waals surface area (Å²) < 4.78 is 5.04. The number of nitrogens with zero attached hydrogens (tertiary/aromatic N) is 2. The smallest absolute Gasteiger partial charge is 0.222 e. The molecule has 6 nitrogen and oxygen atoms in total. The van der Waals surface area contributed by atoms with Crippen LogP contribution in [0.1, 0.15) is 5.56 Å². The quantitative estimate of drug-likeness (QED) is 0.509. The standard InChI is InChI=1S/C15H13ClN4O2/c1-22-13-7-9(6-10(16)14(13)21)8-17-20-15-18-11-4-2-3-5-12(11)19-15/h2-8,21H,1H3,(H2,18,19,20)/b17-8-. The Hall–Kier alpha value is -2.73. The van der Waals surface area contributed by atoms with Gasteiger partial charge in [0.15, 0.2) is 11.5 Å². The van der Waals surface area contributed by atoms with Gasteiger partial charge in [0.2, 0.25) is 5.95 Å². The van der Waals surface area contributed by atoms with Gasteiger partial charge in [-0.3, -0.25) is 0 Å². The molecule has 0 unspecified atom stereocenters. The van der Waals surface area contributed by atoms with Gasteiger partial charge in [0, 0.05) is 0 Å². The summed E-state index contributed by atoms with van der Waals surface area (Å²) in [5, 5.41) is 14.0. The van der Waals surface area contributed by atoms with E-state index in [4.69, 9.17) is 16.3 Å². The number of benzene rings is 2. The fraction of sp³-hybridized carbons (Fsp3) is 0.0667. The predicted octanol–water partition coefficient (Wildman–Crippen LogP) is 3.38. The van der Waals surface area contributed by atoms with E-state index in [9.17, 15) is 5.11 Å². The first-order chi connectivity index (χ1) is 10.7. The van der Waals surface area contributed by atoms with Crippen LogP contribution in [0.15, 0.2) is 41.5 Å². The van der Waals surface area contributed by atoms with E-state index in [-0.39, 0.29) is 16.5 Å². The maximum atomic E-state index is 9.67. The molecule has 0 saturated heterocycles. The molecular weight excluding hydrogens is 304 g/mol. The minimum absolute atomic E-state index is 0.0911. The Kier molecular flexibility index (Phi) is 3.84. The van der Waals surface area contributed by atoms with Gasteiger partial charge in [-0.1, -0.05) is 23.7 Å². The number of anilines is 1. The largest absolute Gasteiger partial charge is 0.503 e. The molecule has 0 saturated carbocycles. The molecule has 0 aliphatic carbocycles. The summed E-state index contributed by atoms with van der Waals surface area (Å²) in [5.41, 5.74) is 5.28. The SMILES string of the molecule is COc1cc(/C=N\Nc2nc3ccccc3[nH]2)cc(Cl)c1O. The number of aromatic nitrogens is 2. The molecule has 0 aliphatic heterocycles. The van der Waals surface area contributed by atoms with Crippen molar-refractivity contribution in [2.24, 2.45) is 5.10 Å². The van der Waals surface area contributed by atoms with E-state index >= 15 is 0 Å². The molecular formula is C15H13ClN4O2. The molecule has 0 amide bonds. The van der Waals surface area contributed by atoms with E-state index < -0.39 is 0 Å². The van der Waals surface area contributed by atoms with Crippen LogP contribution in [0, 0.1) is 0 Å². The van der Waals surface area contributed by atoms with E-state index in [1.165, 1.54) is 7.11 Å². The van der Waals surface area contributed by atoms with Crippen LogP contribution in [-0.4, -0.2) is 28.4 Å². The van der Waals surface area contributed by atoms with Gasteiger partial charge in [0.25, 0.3) is 0 Å². The monoisotopic (exact) mass is 316 g/mol. The number of aromatic amines is 1. The van der Waals surface area contributed by atoms with E-state index in [2.05, 4.69) is 20.5 Å². The summed E-state index contributed by atoms with van der Waals surface area (Å²) in [6.45, 7) is 0. The Balaban J connectivity index is 1.78. The lowest BCUT2D eigenvalue weighted by Gasteiger charge is -2.05. The fourth-order valence-corrected chi connectivity index (χ4v) is 2.22. The van der Waals surface area contributed by atoms with Crippen LogP contribution in [0.3, 0.4) is 0 Å². The first-order valence-corrected chi connectivity index (χ1v) is 6.85. The number of H-pyrrole nitrogens is 1. The highest BCUT2D eigenvalue weighted by Crippen LogP contribution is 2.34. The molecule has 1 aromatic heterocycles. The van der Waals surface area contributed by atoms with E-state index in [1.54, 1.807) is 18.3 Å². The van der Waals surface area contributed by atoms with E-state index in [1.807, 2.05) is 24.3 Å². The van der Waals surface area contributed by atoms with Crippen molar-refractivity contribution in [1.82, 2.24) is 9.97 Å². The highest BCUT2D eigenvalue weighted by Gasteiger charge is 2.07. The lowest BCUT2D eigenvalue weighted by Crippen LogP contribution is -1.93. The second-order valence-electron chi connectivity index (χ2n) is 4.53. The molecule has 0 atom stereocenters. The maximum Gasteiger partial charge on any atom is 0.222 e. The van der Waals surface area contributed by atoms with Crippen molar-refractivity contribution >= 4 is 34.8 Å². The molecule has 0 spiro atoms. The highest BCUT2D eigenvalue weighted by molar-refractivity contribution is 6.32. The number of phenolic OH excluding ortho intramolecular Hbond substituents is 1. The van der Waals surface area contributed by atoms with Crippen molar-refractivity contribution in [3.05, 3.63) is 47.0 Å². The van der Waals surface area contributed by atoms with Gasteiger partial charge in [-0.25, -0.2) is 10.4 Å². The predicted molar refractivity (Wildman–Crippen MR) is 87.0 cm³/mol. The average Bonchev–Trinajstić information content (AvgIpc) is 2.93. The molecule has 22 heavy (non-hydrogen) atoms. The third-order valence-electron chi connectivity index (χ3n) is 3.04. The minimum Gasteiger partial charge on any atom is -0.503 e. The number of methoxy groups -OCH3 is 1. The second-order valence-corrected chi connectivity index (χ2v) is 4.93. The van der Waals surface area contributed by atoms with Crippen molar-refractivity contribution in [1.29, 1.82) is 0 Å². The molecule has 3 N–H and O–H groups in total. The zero-order valence-corrected chi connectivity index (χ0v) is 12.4. The van der Waals surface area contributed by atoms with Crippen LogP contribution in [0.2, 0.25) is 5.02 Å². The van der Waals surface area contributed by atoms with Crippen LogP contribution in [0.4, 0.5) is 5.95 Å². The number of nitrogens with one attached hydrogen (secondary N) is 2. The summed E-state index contributed by atoms with van der Waals surface area (Å²) in [6.07, 6.45) is 1.56. The van der Waals surface area contributed by atoms with E-state index in [0.717, 1.165) is 11.0 Å². The lowest BCUT2D eigenvalue weighted by molar-refractivity contribution is 0.373. The van der Waals surface area contributed by atoms with Crippen molar-refractivity contribution in [2.45, 2.75) is 0 Å². The Morgan fingerprint density at radius 3 is 2.95 bits per heavy atom. The summed E-state index contributed by atoms with van der Waals surface area (Å²) in [4.78, 5) is 7.44. The second kappa shape index (κ2) is 5.95. The molecule has 7 heteroatoms. The highest BCUT2D eigenvalue weighted by atomic mass is 35.5. The van der Waals surface area contributed by atoms with Crippen LogP contribution >= 0.6 is 11.6 Å². The summed E-state index contributed by atoms with van der Waals surface area (Å²) in [6, 6.07) is 10.9. The third kappa shape index (κ3) is 2.82. The Morgan fingerprint density at radius 1 is 1.36 bits per heavy atom. The number of hydrogen-bond acceptors (Lipinski definition) is 5. The summed E-state index contributed by atoms with van der Waals surface area (Å²) >= 11 is 5.92. The number of fused-ring (bicyclic) bond motifs is 1. The maximum absolute atomic E-state index is 9.67. The lowest BCUT2D eigenvalue weighted by atomic mass is 10.2. The average molecular weight is 317 g/mol. The molecule has 2 aromatic carbocycles. The van der Waals surface area contributed by atoms with Gasteiger partial charge in [-0.2, -0.15) is 5.10 Å². The summed E-state index contributed by atoms with van der Waals surface area (Å²) in [5.74, 6) is 0.735. The number of hydrazone groups is 1. The van der Waals surface area contributed by atoms with Gasteiger partial charge in [0.05, 0.1) is 29.4 Å². The molecule has 0 aliphatic rings. The number of rotatable bonds is 4. The Bertz CT molecular complexity index is 812. The number of ether oxygens (including phenoxy) is 1. The normalized spacial score (nSPS) is 11.2. The number of imidazole rings is 1. The van der Waals surface area contributed by atoms with Gasteiger partial charge in [-0.05, 0) is 29.8 Å². The minimum atomic E-state index is -0.0911. The van der Waals surface area contributed by atoms with E-state index in [0.29, 0.717) is 11.5 Å². The van der Waals surface area contributed by atoms with Crippen molar-refractivity contribution in [3.63, 3.8) is 0 Å². The zero-order chi connectivity index (χ0) is 15.5. The first-order valence-electron chi connectivity index (χ1n) is 6.47. The molecule has 1 heterocycles. The van der Waals surface area contributed by atoms with Crippen molar-refractivity contribution < 1.29 is 9.84 Å². The molecule has 0 radical (unpaired) electrons.